The van der Waals surface area contributed by atoms with E-state index in [4.69, 9.17) is 0 Å². The summed E-state index contributed by atoms with van der Waals surface area (Å²) in [6, 6.07) is 4.24. The molecule has 6 heteroatoms. The minimum Gasteiger partial charge on any atom is -0.381 e. The van der Waals surface area contributed by atoms with Crippen molar-refractivity contribution in [1.82, 2.24) is 4.90 Å². The van der Waals surface area contributed by atoms with Crippen molar-refractivity contribution in [2.45, 2.75) is 25.4 Å². The van der Waals surface area contributed by atoms with E-state index < -0.39 is 10.7 Å². The molecule has 18 heavy (non-hydrogen) atoms. The van der Waals surface area contributed by atoms with Crippen molar-refractivity contribution >= 4 is 11.4 Å². The molecule has 2 atom stereocenters. The summed E-state index contributed by atoms with van der Waals surface area (Å²) in [5, 5.41) is 13.8. The molecule has 0 spiro atoms. The normalized spacial score (nSPS) is 24.2. The lowest BCUT2D eigenvalue weighted by atomic mass is 10.1. The van der Waals surface area contributed by atoms with Gasteiger partial charge in [0.1, 0.15) is 5.82 Å². The number of non-ortho nitro benzene ring substituents is 1. The highest BCUT2D eigenvalue weighted by molar-refractivity contribution is 5.52. The van der Waals surface area contributed by atoms with Gasteiger partial charge in [0.05, 0.1) is 11.0 Å². The molecule has 2 unspecified atom stereocenters. The summed E-state index contributed by atoms with van der Waals surface area (Å²) in [5.74, 6) is -0.592. The number of anilines is 1. The molecular formula is C12H16FN3O2. The number of benzene rings is 1. The lowest BCUT2D eigenvalue weighted by Crippen LogP contribution is -2.24. The van der Waals surface area contributed by atoms with Gasteiger partial charge < -0.3 is 10.2 Å². The van der Waals surface area contributed by atoms with E-state index in [-0.39, 0.29) is 11.7 Å². The maximum absolute atomic E-state index is 13.3. The van der Waals surface area contributed by atoms with Crippen LogP contribution in [-0.4, -0.2) is 35.5 Å². The van der Waals surface area contributed by atoms with E-state index in [1.165, 1.54) is 12.1 Å². The van der Waals surface area contributed by atoms with Crippen molar-refractivity contribution < 1.29 is 9.31 Å². The van der Waals surface area contributed by atoms with E-state index in [9.17, 15) is 14.5 Å². The van der Waals surface area contributed by atoms with Gasteiger partial charge in [-0.05, 0) is 26.5 Å². The zero-order chi connectivity index (χ0) is 13.3. The Balaban J connectivity index is 2.12. The second-order valence-electron chi connectivity index (χ2n) is 4.82. The molecule has 2 rings (SSSR count). The molecule has 1 aromatic carbocycles. The van der Waals surface area contributed by atoms with Gasteiger partial charge in [0.15, 0.2) is 0 Å². The molecule has 1 aliphatic heterocycles. The summed E-state index contributed by atoms with van der Waals surface area (Å²) >= 11 is 0. The van der Waals surface area contributed by atoms with Crippen molar-refractivity contribution in [2.75, 3.05) is 18.9 Å². The average molecular weight is 253 g/mol. The van der Waals surface area contributed by atoms with Crippen molar-refractivity contribution in [3.63, 3.8) is 0 Å². The molecule has 1 N–H and O–H groups in total. The Bertz CT molecular complexity index is 457. The zero-order valence-electron chi connectivity index (χ0n) is 10.4. The molecule has 0 aliphatic carbocycles. The van der Waals surface area contributed by atoms with Gasteiger partial charge in [-0.1, -0.05) is 0 Å². The van der Waals surface area contributed by atoms with Crippen LogP contribution in [0.3, 0.4) is 0 Å². The molecule has 0 bridgehead atoms. The van der Waals surface area contributed by atoms with Gasteiger partial charge in [0.25, 0.3) is 5.69 Å². The predicted molar refractivity (Wildman–Crippen MR) is 67.2 cm³/mol. The Hall–Kier alpha value is -1.69. The van der Waals surface area contributed by atoms with Crippen LogP contribution in [0.25, 0.3) is 0 Å². The SMILES string of the molecule is CC1CC(Nc2cc(F)cc([N+](=O)[O-])c2)CN1C. The molecule has 0 saturated carbocycles. The van der Waals surface area contributed by atoms with Gasteiger partial charge in [-0.25, -0.2) is 4.39 Å². The molecule has 5 nitrogen and oxygen atoms in total. The van der Waals surface area contributed by atoms with Crippen molar-refractivity contribution in [3.8, 4) is 0 Å². The van der Waals surface area contributed by atoms with Gasteiger partial charge in [-0.15, -0.1) is 0 Å². The monoisotopic (exact) mass is 253 g/mol. The minimum atomic E-state index is -0.592. The van der Waals surface area contributed by atoms with E-state index in [2.05, 4.69) is 17.1 Å². The third-order valence-corrected chi connectivity index (χ3v) is 3.35. The molecule has 1 aromatic rings. The van der Waals surface area contributed by atoms with Gasteiger partial charge in [0, 0.05) is 30.4 Å². The second-order valence-corrected chi connectivity index (χ2v) is 4.82. The Morgan fingerprint density at radius 2 is 2.22 bits per heavy atom. The number of nitro groups is 1. The number of halogens is 1. The number of nitro benzene ring substituents is 1. The third-order valence-electron chi connectivity index (χ3n) is 3.35. The Labute approximate surface area is 105 Å². The fourth-order valence-electron chi connectivity index (χ4n) is 2.30. The second kappa shape index (κ2) is 4.89. The molecule has 1 fully saturated rings. The largest absolute Gasteiger partial charge is 0.381 e. The van der Waals surface area contributed by atoms with E-state index in [1.807, 2.05) is 7.05 Å². The summed E-state index contributed by atoms with van der Waals surface area (Å²) in [7, 11) is 2.03. The molecule has 1 aliphatic rings. The zero-order valence-corrected chi connectivity index (χ0v) is 10.4. The van der Waals surface area contributed by atoms with E-state index in [0.29, 0.717) is 11.7 Å². The predicted octanol–water partition coefficient (Wildman–Crippen LogP) is 2.24. The number of likely N-dealkylation sites (tertiary alicyclic amines) is 1. The van der Waals surface area contributed by atoms with Crippen molar-refractivity contribution in [3.05, 3.63) is 34.1 Å². The maximum Gasteiger partial charge on any atom is 0.274 e. The number of hydrogen-bond donors (Lipinski definition) is 1. The molecule has 0 amide bonds. The van der Waals surface area contributed by atoms with Crippen LogP contribution in [0.2, 0.25) is 0 Å². The van der Waals surface area contributed by atoms with Crippen molar-refractivity contribution in [2.24, 2.45) is 0 Å². The summed E-state index contributed by atoms with van der Waals surface area (Å²) in [4.78, 5) is 12.3. The Morgan fingerprint density at radius 1 is 1.50 bits per heavy atom. The average Bonchev–Trinajstić information content (AvgIpc) is 2.56. The first kappa shape index (κ1) is 12.8. The van der Waals surface area contributed by atoms with Crippen LogP contribution in [0.15, 0.2) is 18.2 Å². The van der Waals surface area contributed by atoms with E-state index in [1.54, 1.807) is 0 Å². The van der Waals surface area contributed by atoms with E-state index in [0.717, 1.165) is 19.0 Å². The summed E-state index contributed by atoms with van der Waals surface area (Å²) in [5.41, 5.74) is 0.242. The van der Waals surface area contributed by atoms with Crippen LogP contribution < -0.4 is 5.32 Å². The molecule has 0 aromatic heterocycles. The van der Waals surface area contributed by atoms with Crippen LogP contribution in [0.1, 0.15) is 13.3 Å². The summed E-state index contributed by atoms with van der Waals surface area (Å²) in [6.45, 7) is 2.97. The van der Waals surface area contributed by atoms with Crippen LogP contribution in [0.5, 0.6) is 0 Å². The topological polar surface area (TPSA) is 58.4 Å². The highest BCUT2D eigenvalue weighted by Gasteiger charge is 2.26. The van der Waals surface area contributed by atoms with Crippen LogP contribution in [-0.2, 0) is 0 Å². The first-order valence-electron chi connectivity index (χ1n) is 5.87. The van der Waals surface area contributed by atoms with Gasteiger partial charge in [0.2, 0.25) is 0 Å². The highest BCUT2D eigenvalue weighted by atomic mass is 19.1. The van der Waals surface area contributed by atoms with Gasteiger partial charge in [-0.3, -0.25) is 10.1 Å². The number of nitrogens with one attached hydrogen (secondary N) is 1. The maximum atomic E-state index is 13.3. The first-order chi connectivity index (χ1) is 8.45. The number of nitrogens with zero attached hydrogens (tertiary/aromatic N) is 2. The van der Waals surface area contributed by atoms with Crippen LogP contribution in [0, 0.1) is 15.9 Å². The number of likely N-dealkylation sites (N-methyl/N-ethyl adjacent to an activating group) is 1. The van der Waals surface area contributed by atoms with Crippen molar-refractivity contribution in [1.29, 1.82) is 0 Å². The van der Waals surface area contributed by atoms with Crippen LogP contribution >= 0.6 is 0 Å². The minimum absolute atomic E-state index is 0.200. The lowest BCUT2D eigenvalue weighted by molar-refractivity contribution is -0.385. The molecule has 1 saturated heterocycles. The molecule has 0 radical (unpaired) electrons. The van der Waals surface area contributed by atoms with E-state index >= 15 is 0 Å². The smallest absolute Gasteiger partial charge is 0.274 e. The number of rotatable bonds is 3. The quantitative estimate of drug-likeness (QED) is 0.663. The molecule has 98 valence electrons. The fourth-order valence-corrected chi connectivity index (χ4v) is 2.30. The molecule has 1 heterocycles. The lowest BCUT2D eigenvalue weighted by Gasteiger charge is -2.14. The Kier molecular flexibility index (Phi) is 3.47. The highest BCUT2D eigenvalue weighted by Crippen LogP contribution is 2.24. The summed E-state index contributed by atoms with van der Waals surface area (Å²) < 4.78 is 13.3. The summed E-state index contributed by atoms with van der Waals surface area (Å²) in [6.07, 6.45) is 0.945. The molecular weight excluding hydrogens is 237 g/mol. The first-order valence-corrected chi connectivity index (χ1v) is 5.87. The van der Waals surface area contributed by atoms with Crippen LogP contribution in [0.4, 0.5) is 15.8 Å². The third kappa shape index (κ3) is 2.76. The number of hydrogen-bond acceptors (Lipinski definition) is 4. The van der Waals surface area contributed by atoms with Gasteiger partial charge >= 0.3 is 0 Å². The standard InChI is InChI=1S/C12H16FN3O2/c1-8-3-11(7-15(8)2)14-10-4-9(13)5-12(6-10)16(17)18/h4-6,8,11,14H,3,7H2,1-2H3. The Morgan fingerprint density at radius 3 is 2.78 bits per heavy atom. The fraction of sp³-hybridized carbons (Fsp3) is 0.500. The van der Waals surface area contributed by atoms with Gasteiger partial charge in [-0.2, -0.15) is 0 Å².